The van der Waals surface area contributed by atoms with Crippen molar-refractivity contribution in [1.82, 2.24) is 0 Å². The number of rotatable bonds is 4. The van der Waals surface area contributed by atoms with Gasteiger partial charge in [-0.1, -0.05) is 72.8 Å². The second-order valence-corrected chi connectivity index (χ2v) is 6.25. The summed E-state index contributed by atoms with van der Waals surface area (Å²) in [5.41, 5.74) is 5.84. The zero-order chi connectivity index (χ0) is 17.3. The molecule has 0 radical (unpaired) electrons. The van der Waals surface area contributed by atoms with Gasteiger partial charge in [0.2, 0.25) is 0 Å². The van der Waals surface area contributed by atoms with Gasteiger partial charge in [-0.25, -0.2) is 0 Å². The molecule has 1 heteroatoms. The smallest absolute Gasteiger partial charge is 0.118 e. The molecule has 1 atom stereocenters. The minimum Gasteiger partial charge on any atom is -0.497 e. The van der Waals surface area contributed by atoms with Gasteiger partial charge in [0.15, 0.2) is 0 Å². The number of fused-ring (bicyclic) bond motifs is 1. The van der Waals surface area contributed by atoms with Crippen LogP contribution in [0.5, 0.6) is 5.75 Å². The zero-order valence-corrected chi connectivity index (χ0v) is 14.3. The van der Waals surface area contributed by atoms with Crippen LogP contribution >= 0.6 is 0 Å². The fourth-order valence-corrected chi connectivity index (χ4v) is 3.83. The number of benzene rings is 3. The summed E-state index contributed by atoms with van der Waals surface area (Å²) in [6.45, 7) is 4.24. The van der Waals surface area contributed by atoms with E-state index >= 15 is 0 Å². The zero-order valence-electron chi connectivity index (χ0n) is 14.3. The average molecular weight is 324 g/mol. The van der Waals surface area contributed by atoms with E-state index in [1.165, 1.54) is 27.8 Å². The van der Waals surface area contributed by atoms with Crippen molar-refractivity contribution in [2.24, 2.45) is 0 Å². The van der Waals surface area contributed by atoms with E-state index in [4.69, 9.17) is 4.74 Å². The van der Waals surface area contributed by atoms with Crippen molar-refractivity contribution < 1.29 is 4.74 Å². The van der Waals surface area contributed by atoms with Gasteiger partial charge in [0.25, 0.3) is 0 Å². The summed E-state index contributed by atoms with van der Waals surface area (Å²) in [6.07, 6.45) is 4.36. The number of allylic oxidation sites excluding steroid dienone is 2. The van der Waals surface area contributed by atoms with Gasteiger partial charge < -0.3 is 4.74 Å². The van der Waals surface area contributed by atoms with Crippen molar-refractivity contribution in [3.05, 3.63) is 114 Å². The molecule has 0 spiro atoms. The monoisotopic (exact) mass is 324 g/mol. The number of methoxy groups -OCH3 is 1. The third-order valence-electron chi connectivity index (χ3n) is 5.05. The minimum atomic E-state index is -0.357. The van der Waals surface area contributed by atoms with Crippen LogP contribution in [0.1, 0.15) is 22.3 Å². The van der Waals surface area contributed by atoms with E-state index in [1.807, 2.05) is 12.1 Å². The Bertz CT molecular complexity index is 935. The predicted octanol–water partition coefficient (Wildman–Crippen LogP) is 5.72. The van der Waals surface area contributed by atoms with Crippen LogP contribution in [-0.2, 0) is 5.41 Å². The Morgan fingerprint density at radius 3 is 2.20 bits per heavy atom. The normalized spacial score (nSPS) is 18.4. The molecule has 0 N–H and O–H groups in total. The molecule has 0 bridgehead atoms. The first-order valence-electron chi connectivity index (χ1n) is 8.45. The molecule has 25 heavy (non-hydrogen) atoms. The van der Waals surface area contributed by atoms with E-state index < -0.39 is 0 Å². The Morgan fingerprint density at radius 1 is 0.840 bits per heavy atom. The van der Waals surface area contributed by atoms with E-state index in [9.17, 15) is 0 Å². The second-order valence-electron chi connectivity index (χ2n) is 6.25. The van der Waals surface area contributed by atoms with Gasteiger partial charge in [-0.05, 0) is 46.0 Å². The predicted molar refractivity (Wildman–Crippen MR) is 105 cm³/mol. The van der Waals surface area contributed by atoms with Gasteiger partial charge in [0.1, 0.15) is 5.75 Å². The van der Waals surface area contributed by atoms with Crippen LogP contribution in [0, 0.1) is 0 Å². The first-order chi connectivity index (χ1) is 12.3. The summed E-state index contributed by atoms with van der Waals surface area (Å²) in [7, 11) is 1.69. The molecule has 0 saturated carbocycles. The summed E-state index contributed by atoms with van der Waals surface area (Å²) in [4.78, 5) is 0. The van der Waals surface area contributed by atoms with E-state index in [2.05, 4.69) is 85.5 Å². The first kappa shape index (κ1) is 15.5. The van der Waals surface area contributed by atoms with Gasteiger partial charge >= 0.3 is 0 Å². The van der Waals surface area contributed by atoms with Crippen LogP contribution in [0.2, 0.25) is 0 Å². The number of hydrogen-bond donors (Lipinski definition) is 0. The van der Waals surface area contributed by atoms with Gasteiger partial charge in [0, 0.05) is 0 Å². The molecule has 3 aromatic carbocycles. The highest BCUT2D eigenvalue weighted by molar-refractivity contribution is 5.98. The highest BCUT2D eigenvalue weighted by atomic mass is 16.5. The molecular formula is C24H20O. The average Bonchev–Trinajstić information content (AvgIpc) is 3.04. The Balaban J connectivity index is 1.98. The van der Waals surface area contributed by atoms with Gasteiger partial charge in [-0.2, -0.15) is 0 Å². The minimum absolute atomic E-state index is 0.357. The third-order valence-corrected chi connectivity index (χ3v) is 5.05. The van der Waals surface area contributed by atoms with E-state index in [1.54, 1.807) is 7.11 Å². The molecule has 0 amide bonds. The summed E-state index contributed by atoms with van der Waals surface area (Å²) in [6, 6.07) is 27.4. The van der Waals surface area contributed by atoms with Crippen molar-refractivity contribution in [2.75, 3.05) is 7.11 Å². The molecule has 0 fully saturated rings. The third kappa shape index (κ3) is 2.32. The van der Waals surface area contributed by atoms with Crippen LogP contribution < -0.4 is 4.74 Å². The number of ether oxygens (including phenoxy) is 1. The van der Waals surface area contributed by atoms with Crippen LogP contribution in [0.25, 0.3) is 11.6 Å². The van der Waals surface area contributed by atoms with Gasteiger partial charge in [-0.15, -0.1) is 6.58 Å². The van der Waals surface area contributed by atoms with Crippen LogP contribution in [0.3, 0.4) is 0 Å². The van der Waals surface area contributed by atoms with Crippen molar-refractivity contribution in [3.63, 3.8) is 0 Å². The lowest BCUT2D eigenvalue weighted by Gasteiger charge is -2.32. The molecule has 3 aromatic rings. The van der Waals surface area contributed by atoms with E-state index in [-0.39, 0.29) is 5.41 Å². The van der Waals surface area contributed by atoms with Crippen molar-refractivity contribution >= 4 is 11.6 Å². The highest BCUT2D eigenvalue weighted by Gasteiger charge is 2.41. The summed E-state index contributed by atoms with van der Waals surface area (Å²) in [5, 5.41) is 0. The lowest BCUT2D eigenvalue weighted by molar-refractivity contribution is 0.414. The molecule has 122 valence electrons. The SMILES string of the molecule is C=CC1(c2ccc(OC)cc2)C(c2ccccc2)=Cc2ccccc21. The maximum absolute atomic E-state index is 5.34. The molecule has 1 aliphatic rings. The number of hydrogen-bond acceptors (Lipinski definition) is 1. The standard InChI is InChI=1S/C24H20O/c1-3-24(20-13-15-21(25-2)16-14-20)22-12-8-7-11-19(22)17-23(24)18-9-5-4-6-10-18/h3-17H,1H2,2H3. The molecular weight excluding hydrogens is 304 g/mol. The largest absolute Gasteiger partial charge is 0.497 e. The quantitative estimate of drug-likeness (QED) is 0.558. The lowest BCUT2D eigenvalue weighted by atomic mass is 9.70. The maximum atomic E-state index is 5.34. The molecule has 1 unspecified atom stereocenters. The molecule has 4 rings (SSSR count). The van der Waals surface area contributed by atoms with Crippen molar-refractivity contribution in [3.8, 4) is 5.75 Å². The fourth-order valence-electron chi connectivity index (χ4n) is 3.83. The maximum Gasteiger partial charge on any atom is 0.118 e. The van der Waals surface area contributed by atoms with E-state index in [0.717, 1.165) is 5.75 Å². The molecule has 0 aromatic heterocycles. The summed E-state index contributed by atoms with van der Waals surface area (Å²) >= 11 is 0. The molecule has 0 aliphatic heterocycles. The Morgan fingerprint density at radius 2 is 1.52 bits per heavy atom. The summed E-state index contributed by atoms with van der Waals surface area (Å²) in [5.74, 6) is 0.861. The lowest BCUT2D eigenvalue weighted by Crippen LogP contribution is -2.24. The molecule has 1 aliphatic carbocycles. The Labute approximate surface area is 148 Å². The van der Waals surface area contributed by atoms with Gasteiger partial charge in [-0.3, -0.25) is 0 Å². The second kappa shape index (κ2) is 6.10. The molecule has 0 saturated heterocycles. The van der Waals surface area contributed by atoms with Crippen molar-refractivity contribution in [2.45, 2.75) is 5.41 Å². The summed E-state index contributed by atoms with van der Waals surface area (Å²) < 4.78 is 5.34. The topological polar surface area (TPSA) is 9.23 Å². The first-order valence-corrected chi connectivity index (χ1v) is 8.45. The Kier molecular flexibility index (Phi) is 3.77. The van der Waals surface area contributed by atoms with Gasteiger partial charge in [0.05, 0.1) is 12.5 Å². The highest BCUT2D eigenvalue weighted by Crippen LogP contribution is 2.51. The van der Waals surface area contributed by atoms with Crippen LogP contribution in [0.15, 0.2) is 91.5 Å². The molecule has 0 heterocycles. The van der Waals surface area contributed by atoms with E-state index in [0.29, 0.717) is 0 Å². The van der Waals surface area contributed by atoms with Crippen LogP contribution in [-0.4, -0.2) is 7.11 Å². The fraction of sp³-hybridized carbons (Fsp3) is 0.0833. The Hall–Kier alpha value is -3.06. The van der Waals surface area contributed by atoms with Crippen LogP contribution in [0.4, 0.5) is 0 Å². The molecule has 1 nitrogen and oxygen atoms in total. The van der Waals surface area contributed by atoms with Crippen molar-refractivity contribution in [1.29, 1.82) is 0 Å².